The standard InChI is InChI=1S/C13H27F2NO/c1-4-7-16-12(9-11(3)5-2)6-8-17-10-13(14)15/h11-13,16H,4-10H2,1-3H3. The van der Waals surface area contributed by atoms with E-state index in [0.717, 1.165) is 32.2 Å². The maximum atomic E-state index is 11.9. The summed E-state index contributed by atoms with van der Waals surface area (Å²) in [7, 11) is 0. The molecule has 0 radical (unpaired) electrons. The van der Waals surface area contributed by atoms with Crippen molar-refractivity contribution in [3.63, 3.8) is 0 Å². The van der Waals surface area contributed by atoms with E-state index in [0.29, 0.717) is 18.6 Å². The summed E-state index contributed by atoms with van der Waals surface area (Å²) < 4.78 is 28.7. The number of rotatable bonds is 11. The SMILES string of the molecule is CCCNC(CCOCC(F)F)CC(C)CC. The molecular formula is C13H27F2NO. The van der Waals surface area contributed by atoms with Crippen LogP contribution in [-0.2, 0) is 4.74 Å². The van der Waals surface area contributed by atoms with Gasteiger partial charge in [-0.1, -0.05) is 27.2 Å². The third-order valence-electron chi connectivity index (χ3n) is 2.92. The number of ether oxygens (including phenoxy) is 1. The zero-order chi connectivity index (χ0) is 13.1. The van der Waals surface area contributed by atoms with Gasteiger partial charge in [0.05, 0.1) is 0 Å². The van der Waals surface area contributed by atoms with Gasteiger partial charge in [0.1, 0.15) is 6.61 Å². The van der Waals surface area contributed by atoms with E-state index in [4.69, 9.17) is 4.74 Å². The van der Waals surface area contributed by atoms with Crippen LogP contribution in [-0.4, -0.2) is 32.2 Å². The second kappa shape index (κ2) is 10.9. The molecule has 0 rings (SSSR count). The molecule has 0 aromatic heterocycles. The van der Waals surface area contributed by atoms with Crippen molar-refractivity contribution in [1.29, 1.82) is 0 Å². The first-order valence-corrected chi connectivity index (χ1v) is 6.69. The van der Waals surface area contributed by atoms with Crippen LogP contribution in [0.2, 0.25) is 0 Å². The van der Waals surface area contributed by atoms with E-state index >= 15 is 0 Å². The highest BCUT2D eigenvalue weighted by atomic mass is 19.3. The fourth-order valence-electron chi connectivity index (χ4n) is 1.70. The van der Waals surface area contributed by atoms with Crippen LogP contribution in [0.15, 0.2) is 0 Å². The Bertz CT molecular complexity index is 167. The van der Waals surface area contributed by atoms with E-state index in [2.05, 4.69) is 26.1 Å². The lowest BCUT2D eigenvalue weighted by molar-refractivity contribution is 0.0138. The molecule has 104 valence electrons. The van der Waals surface area contributed by atoms with Crippen molar-refractivity contribution in [1.82, 2.24) is 5.32 Å². The molecular weight excluding hydrogens is 224 g/mol. The first-order valence-electron chi connectivity index (χ1n) is 6.69. The van der Waals surface area contributed by atoms with Crippen LogP contribution in [0.25, 0.3) is 0 Å². The number of hydrogen-bond donors (Lipinski definition) is 1. The fourth-order valence-corrected chi connectivity index (χ4v) is 1.70. The number of hydrogen-bond acceptors (Lipinski definition) is 2. The summed E-state index contributed by atoms with van der Waals surface area (Å²) in [4.78, 5) is 0. The van der Waals surface area contributed by atoms with Crippen LogP contribution < -0.4 is 5.32 Å². The molecule has 0 heterocycles. The van der Waals surface area contributed by atoms with Gasteiger partial charge in [-0.25, -0.2) is 8.78 Å². The Morgan fingerprint density at radius 3 is 2.47 bits per heavy atom. The Labute approximate surface area is 104 Å². The van der Waals surface area contributed by atoms with Crippen molar-refractivity contribution in [3.8, 4) is 0 Å². The molecule has 0 aliphatic heterocycles. The minimum atomic E-state index is -2.35. The monoisotopic (exact) mass is 251 g/mol. The van der Waals surface area contributed by atoms with Gasteiger partial charge in [0, 0.05) is 12.6 Å². The largest absolute Gasteiger partial charge is 0.375 e. The van der Waals surface area contributed by atoms with Gasteiger partial charge in [-0.2, -0.15) is 0 Å². The predicted octanol–water partition coefficient (Wildman–Crippen LogP) is 3.46. The fraction of sp³-hybridized carbons (Fsp3) is 1.00. The molecule has 2 nitrogen and oxygen atoms in total. The van der Waals surface area contributed by atoms with Crippen LogP contribution in [0.1, 0.15) is 46.5 Å². The van der Waals surface area contributed by atoms with Gasteiger partial charge in [-0.3, -0.25) is 0 Å². The third-order valence-corrected chi connectivity index (χ3v) is 2.92. The first-order chi connectivity index (χ1) is 8.10. The van der Waals surface area contributed by atoms with E-state index in [-0.39, 0.29) is 0 Å². The smallest absolute Gasteiger partial charge is 0.261 e. The van der Waals surface area contributed by atoms with Crippen molar-refractivity contribution in [3.05, 3.63) is 0 Å². The second-order valence-corrected chi connectivity index (χ2v) is 4.65. The van der Waals surface area contributed by atoms with Crippen LogP contribution in [0.4, 0.5) is 8.78 Å². The van der Waals surface area contributed by atoms with Crippen LogP contribution in [0.5, 0.6) is 0 Å². The van der Waals surface area contributed by atoms with Crippen molar-refractivity contribution < 1.29 is 13.5 Å². The summed E-state index contributed by atoms with van der Waals surface area (Å²) in [6, 6.07) is 0.391. The molecule has 0 aliphatic rings. The molecule has 0 bridgehead atoms. The lowest BCUT2D eigenvalue weighted by Crippen LogP contribution is -2.32. The van der Waals surface area contributed by atoms with Gasteiger partial charge < -0.3 is 10.1 Å². The van der Waals surface area contributed by atoms with Gasteiger partial charge in [-0.05, 0) is 31.7 Å². The molecule has 0 aromatic rings. The highest BCUT2D eigenvalue weighted by Gasteiger charge is 2.12. The maximum absolute atomic E-state index is 11.9. The number of alkyl halides is 2. The molecule has 0 spiro atoms. The van der Waals surface area contributed by atoms with E-state index < -0.39 is 13.0 Å². The van der Waals surface area contributed by atoms with E-state index in [1.54, 1.807) is 0 Å². The molecule has 4 heteroatoms. The van der Waals surface area contributed by atoms with Gasteiger partial charge in [0.15, 0.2) is 0 Å². The van der Waals surface area contributed by atoms with Crippen molar-refractivity contribution in [2.75, 3.05) is 19.8 Å². The highest BCUT2D eigenvalue weighted by Crippen LogP contribution is 2.12. The Hall–Kier alpha value is -0.220. The highest BCUT2D eigenvalue weighted by molar-refractivity contribution is 4.69. The minimum absolute atomic E-state index is 0.391. The third kappa shape index (κ3) is 10.6. The normalized spacial score (nSPS) is 15.2. The summed E-state index contributed by atoms with van der Waals surface area (Å²) in [5, 5.41) is 3.46. The molecule has 2 atom stereocenters. The van der Waals surface area contributed by atoms with Crippen LogP contribution in [0, 0.1) is 5.92 Å². The summed E-state index contributed by atoms with van der Waals surface area (Å²) in [6.45, 7) is 7.48. The Morgan fingerprint density at radius 2 is 1.94 bits per heavy atom. The first kappa shape index (κ1) is 16.8. The Kier molecular flexibility index (Phi) is 10.8. The molecule has 0 amide bonds. The second-order valence-electron chi connectivity index (χ2n) is 4.65. The molecule has 0 aromatic carbocycles. The van der Waals surface area contributed by atoms with Crippen LogP contribution in [0.3, 0.4) is 0 Å². The van der Waals surface area contributed by atoms with Gasteiger partial charge in [-0.15, -0.1) is 0 Å². The number of halogens is 2. The summed E-state index contributed by atoms with van der Waals surface area (Å²) in [5.74, 6) is 0.666. The van der Waals surface area contributed by atoms with Crippen molar-refractivity contribution in [2.24, 2.45) is 5.92 Å². The van der Waals surface area contributed by atoms with Crippen LogP contribution >= 0.6 is 0 Å². The molecule has 0 saturated heterocycles. The van der Waals surface area contributed by atoms with Gasteiger partial charge in [0.25, 0.3) is 6.43 Å². The molecule has 2 unspecified atom stereocenters. The van der Waals surface area contributed by atoms with Crippen molar-refractivity contribution >= 4 is 0 Å². The summed E-state index contributed by atoms with van der Waals surface area (Å²) >= 11 is 0. The average Bonchev–Trinajstić information content (AvgIpc) is 2.30. The predicted molar refractivity (Wildman–Crippen MR) is 67.6 cm³/mol. The molecule has 0 aliphatic carbocycles. The van der Waals surface area contributed by atoms with E-state index in [1.807, 2.05) is 0 Å². The van der Waals surface area contributed by atoms with E-state index in [9.17, 15) is 8.78 Å². The lowest BCUT2D eigenvalue weighted by Gasteiger charge is -2.21. The zero-order valence-electron chi connectivity index (χ0n) is 11.3. The van der Waals surface area contributed by atoms with E-state index in [1.165, 1.54) is 0 Å². The summed E-state index contributed by atoms with van der Waals surface area (Å²) in [6.07, 6.45) is 1.80. The lowest BCUT2D eigenvalue weighted by atomic mass is 9.97. The Balaban J connectivity index is 3.76. The quantitative estimate of drug-likeness (QED) is 0.568. The Morgan fingerprint density at radius 1 is 1.24 bits per heavy atom. The minimum Gasteiger partial charge on any atom is -0.375 e. The molecule has 1 N–H and O–H groups in total. The summed E-state index contributed by atoms with van der Waals surface area (Å²) in [5.41, 5.74) is 0. The van der Waals surface area contributed by atoms with Gasteiger partial charge >= 0.3 is 0 Å². The number of nitrogens with one attached hydrogen (secondary N) is 1. The molecule has 17 heavy (non-hydrogen) atoms. The zero-order valence-corrected chi connectivity index (χ0v) is 11.3. The average molecular weight is 251 g/mol. The maximum Gasteiger partial charge on any atom is 0.261 e. The van der Waals surface area contributed by atoms with Gasteiger partial charge in [0.2, 0.25) is 0 Å². The van der Waals surface area contributed by atoms with Crippen molar-refractivity contribution in [2.45, 2.75) is 58.9 Å². The molecule has 0 fully saturated rings. The topological polar surface area (TPSA) is 21.3 Å². The molecule has 0 saturated carbocycles.